The molecule has 0 aliphatic carbocycles. The number of aromatic nitrogens is 3. The van der Waals surface area contributed by atoms with Crippen molar-refractivity contribution in [1.82, 2.24) is 19.1 Å². The maximum atomic E-state index is 13.1. The molecular weight excluding hydrogens is 444 g/mol. The van der Waals surface area contributed by atoms with Crippen molar-refractivity contribution >= 4 is 21.8 Å². The molecule has 1 aliphatic heterocycles. The van der Waals surface area contributed by atoms with Crippen molar-refractivity contribution in [2.45, 2.75) is 23.5 Å². The second-order valence-corrected chi connectivity index (χ2v) is 10.5. The first kappa shape index (κ1) is 22.7. The van der Waals surface area contributed by atoms with Crippen LogP contribution in [0.4, 0.5) is 0 Å². The highest BCUT2D eigenvalue weighted by atomic mass is 32.2. The number of ether oxygens (including phenoxy) is 1. The van der Waals surface area contributed by atoms with E-state index >= 15 is 0 Å². The summed E-state index contributed by atoms with van der Waals surface area (Å²) in [5.74, 6) is 1.37. The Kier molecular flexibility index (Phi) is 7.10. The number of rotatable bonds is 8. The summed E-state index contributed by atoms with van der Waals surface area (Å²) in [4.78, 5) is 0.252. The molecule has 0 bridgehead atoms. The molecule has 9 heteroatoms. The van der Waals surface area contributed by atoms with Crippen molar-refractivity contribution < 1.29 is 13.2 Å². The van der Waals surface area contributed by atoms with Gasteiger partial charge in [-0.15, -0.1) is 10.2 Å². The third-order valence-corrected chi connectivity index (χ3v) is 8.14. The van der Waals surface area contributed by atoms with E-state index in [2.05, 4.69) is 28.9 Å². The number of morpholine rings is 1. The Morgan fingerprint density at radius 3 is 2.56 bits per heavy atom. The van der Waals surface area contributed by atoms with Crippen LogP contribution in [0.1, 0.15) is 12.5 Å². The van der Waals surface area contributed by atoms with Gasteiger partial charge in [-0.3, -0.25) is 4.57 Å². The third kappa shape index (κ3) is 5.12. The summed E-state index contributed by atoms with van der Waals surface area (Å²) in [6, 6.07) is 17.0. The van der Waals surface area contributed by atoms with Gasteiger partial charge in [0.25, 0.3) is 0 Å². The predicted octanol–water partition coefficient (Wildman–Crippen LogP) is 3.68. The van der Waals surface area contributed by atoms with Crippen LogP contribution in [0.5, 0.6) is 0 Å². The van der Waals surface area contributed by atoms with Crippen molar-refractivity contribution in [3.63, 3.8) is 0 Å². The van der Waals surface area contributed by atoms with Crippen molar-refractivity contribution in [2.24, 2.45) is 0 Å². The average molecular weight is 471 g/mol. The van der Waals surface area contributed by atoms with Gasteiger partial charge in [-0.1, -0.05) is 66.4 Å². The van der Waals surface area contributed by atoms with Gasteiger partial charge in [0.05, 0.1) is 24.7 Å². The first-order chi connectivity index (χ1) is 15.4. The SMILES string of the molecule is C=C(C)CSc1nnc(-c2cccc(S(=O)(=O)N3CCOCC3)c2)n1Cc1ccccc1. The van der Waals surface area contributed by atoms with Crippen LogP contribution in [0.3, 0.4) is 0 Å². The lowest BCUT2D eigenvalue weighted by atomic mass is 10.2. The molecule has 2 heterocycles. The largest absolute Gasteiger partial charge is 0.379 e. The fourth-order valence-electron chi connectivity index (χ4n) is 3.44. The van der Waals surface area contributed by atoms with Gasteiger partial charge in [0.15, 0.2) is 11.0 Å². The highest BCUT2D eigenvalue weighted by Crippen LogP contribution is 2.28. The van der Waals surface area contributed by atoms with Gasteiger partial charge in [-0.2, -0.15) is 4.31 Å². The Morgan fingerprint density at radius 1 is 1.09 bits per heavy atom. The Bertz CT molecular complexity index is 1190. The first-order valence-electron chi connectivity index (χ1n) is 10.4. The number of hydrogen-bond acceptors (Lipinski definition) is 6. The topological polar surface area (TPSA) is 77.3 Å². The van der Waals surface area contributed by atoms with E-state index in [1.807, 2.05) is 35.8 Å². The van der Waals surface area contributed by atoms with Gasteiger partial charge < -0.3 is 4.74 Å². The third-order valence-electron chi connectivity index (χ3n) is 5.05. The second-order valence-electron chi connectivity index (χ2n) is 7.67. The highest BCUT2D eigenvalue weighted by molar-refractivity contribution is 7.99. The molecular formula is C23H26N4O3S2. The lowest BCUT2D eigenvalue weighted by Gasteiger charge is -2.26. The smallest absolute Gasteiger partial charge is 0.243 e. The molecule has 0 unspecified atom stereocenters. The molecule has 0 spiro atoms. The molecule has 168 valence electrons. The maximum Gasteiger partial charge on any atom is 0.243 e. The van der Waals surface area contributed by atoms with E-state index in [9.17, 15) is 8.42 Å². The molecule has 4 rings (SSSR count). The number of thioether (sulfide) groups is 1. The van der Waals surface area contributed by atoms with Crippen LogP contribution < -0.4 is 0 Å². The van der Waals surface area contributed by atoms with Gasteiger partial charge in [0.2, 0.25) is 10.0 Å². The van der Waals surface area contributed by atoms with Crippen LogP contribution in [-0.4, -0.2) is 59.5 Å². The van der Waals surface area contributed by atoms with E-state index in [1.54, 1.807) is 30.0 Å². The Morgan fingerprint density at radius 2 is 1.84 bits per heavy atom. The van der Waals surface area contributed by atoms with Crippen LogP contribution in [-0.2, 0) is 21.3 Å². The fourth-order valence-corrected chi connectivity index (χ4v) is 5.67. The predicted molar refractivity (Wildman–Crippen MR) is 126 cm³/mol. The van der Waals surface area contributed by atoms with E-state index in [-0.39, 0.29) is 4.90 Å². The average Bonchev–Trinajstić information content (AvgIpc) is 3.21. The minimum absolute atomic E-state index is 0.252. The molecule has 0 N–H and O–H groups in total. The molecule has 2 aromatic carbocycles. The molecule has 1 fully saturated rings. The standard InChI is InChI=1S/C23H26N4O3S2/c1-18(2)17-31-23-25-24-22(27(23)16-19-7-4-3-5-8-19)20-9-6-10-21(15-20)32(28,29)26-11-13-30-14-12-26/h3-10,15H,1,11-14,16-17H2,2H3. The number of hydrogen-bond donors (Lipinski definition) is 0. The van der Waals surface area contributed by atoms with Gasteiger partial charge >= 0.3 is 0 Å². The van der Waals surface area contributed by atoms with Gasteiger partial charge in [-0.25, -0.2) is 8.42 Å². The lowest BCUT2D eigenvalue weighted by molar-refractivity contribution is 0.0730. The Hall–Kier alpha value is -2.46. The van der Waals surface area contributed by atoms with Crippen LogP contribution in [0.25, 0.3) is 11.4 Å². The van der Waals surface area contributed by atoms with Crippen LogP contribution in [0, 0.1) is 0 Å². The summed E-state index contributed by atoms with van der Waals surface area (Å²) in [7, 11) is -3.60. The highest BCUT2D eigenvalue weighted by Gasteiger charge is 2.27. The maximum absolute atomic E-state index is 13.1. The minimum atomic E-state index is -3.60. The number of benzene rings is 2. The summed E-state index contributed by atoms with van der Waals surface area (Å²) >= 11 is 1.57. The molecule has 3 aromatic rings. The monoisotopic (exact) mass is 470 g/mol. The molecule has 0 saturated carbocycles. The zero-order valence-corrected chi connectivity index (χ0v) is 19.6. The quantitative estimate of drug-likeness (QED) is 0.369. The van der Waals surface area contributed by atoms with Crippen molar-refractivity contribution in [1.29, 1.82) is 0 Å². The molecule has 1 aliphatic rings. The molecule has 0 atom stereocenters. The summed E-state index contributed by atoms with van der Waals surface area (Å²) in [5.41, 5.74) is 2.87. The van der Waals surface area contributed by atoms with E-state index in [1.165, 1.54) is 4.31 Å². The molecule has 1 saturated heterocycles. The second kappa shape index (κ2) is 9.99. The molecule has 0 amide bonds. The van der Waals surface area contributed by atoms with E-state index in [4.69, 9.17) is 4.74 Å². The zero-order chi connectivity index (χ0) is 22.6. The van der Waals surface area contributed by atoms with E-state index < -0.39 is 10.0 Å². The van der Waals surface area contributed by atoms with E-state index in [0.717, 1.165) is 22.0 Å². The summed E-state index contributed by atoms with van der Waals surface area (Å²) in [6.45, 7) is 8.08. The first-order valence-corrected chi connectivity index (χ1v) is 12.8. The summed E-state index contributed by atoms with van der Waals surface area (Å²) in [5, 5.41) is 9.60. The zero-order valence-electron chi connectivity index (χ0n) is 18.0. The van der Waals surface area contributed by atoms with Crippen LogP contribution in [0.15, 0.2) is 76.8 Å². The van der Waals surface area contributed by atoms with Crippen molar-refractivity contribution in [3.05, 3.63) is 72.3 Å². The van der Waals surface area contributed by atoms with Crippen molar-refractivity contribution in [3.8, 4) is 11.4 Å². The Labute approximate surface area is 193 Å². The van der Waals surface area contributed by atoms with Gasteiger partial charge in [-0.05, 0) is 24.6 Å². The minimum Gasteiger partial charge on any atom is -0.379 e. The Balaban J connectivity index is 1.71. The number of sulfonamides is 1. The van der Waals surface area contributed by atoms with Gasteiger partial charge in [0, 0.05) is 24.4 Å². The van der Waals surface area contributed by atoms with Crippen LogP contribution >= 0.6 is 11.8 Å². The van der Waals surface area contributed by atoms with E-state index in [0.29, 0.717) is 44.2 Å². The summed E-state index contributed by atoms with van der Waals surface area (Å²) < 4.78 is 35.1. The van der Waals surface area contributed by atoms with Crippen molar-refractivity contribution in [2.75, 3.05) is 32.1 Å². The normalized spacial score (nSPS) is 15.0. The molecule has 1 aromatic heterocycles. The molecule has 7 nitrogen and oxygen atoms in total. The summed E-state index contributed by atoms with van der Waals surface area (Å²) in [6.07, 6.45) is 0. The van der Waals surface area contributed by atoms with Crippen LogP contribution in [0.2, 0.25) is 0 Å². The lowest BCUT2D eigenvalue weighted by Crippen LogP contribution is -2.40. The fraction of sp³-hybridized carbons (Fsp3) is 0.304. The molecule has 32 heavy (non-hydrogen) atoms. The van der Waals surface area contributed by atoms with Gasteiger partial charge in [0.1, 0.15) is 0 Å². The number of nitrogens with zero attached hydrogens (tertiary/aromatic N) is 4. The molecule has 0 radical (unpaired) electrons.